The predicted octanol–water partition coefficient (Wildman–Crippen LogP) is 5.71. The SMILES string of the molecule is O=C(/C=C/c1cccc(OCc2ccc3ccccc3n2)c1)c1ccccc1. The number of aromatic nitrogens is 1. The molecule has 28 heavy (non-hydrogen) atoms. The molecule has 0 unspecified atom stereocenters. The Balaban J connectivity index is 1.43. The van der Waals surface area contributed by atoms with Gasteiger partial charge < -0.3 is 4.74 Å². The minimum atomic E-state index is -0.0210. The fraction of sp³-hybridized carbons (Fsp3) is 0.0400. The first-order chi connectivity index (χ1) is 13.8. The normalized spacial score (nSPS) is 11.0. The van der Waals surface area contributed by atoms with Crippen molar-refractivity contribution in [2.24, 2.45) is 0 Å². The van der Waals surface area contributed by atoms with Crippen LogP contribution >= 0.6 is 0 Å². The monoisotopic (exact) mass is 365 g/mol. The number of hydrogen-bond donors (Lipinski definition) is 0. The first-order valence-corrected chi connectivity index (χ1v) is 9.13. The number of fused-ring (bicyclic) bond motifs is 1. The Morgan fingerprint density at radius 1 is 0.857 bits per heavy atom. The zero-order valence-corrected chi connectivity index (χ0v) is 15.3. The molecular weight excluding hydrogens is 346 g/mol. The Bertz CT molecular complexity index is 1130. The molecule has 0 aliphatic carbocycles. The van der Waals surface area contributed by atoms with Crippen LogP contribution in [0.2, 0.25) is 0 Å². The van der Waals surface area contributed by atoms with E-state index in [1.165, 1.54) is 0 Å². The molecule has 1 aromatic heterocycles. The van der Waals surface area contributed by atoms with Crippen LogP contribution in [-0.4, -0.2) is 10.8 Å². The van der Waals surface area contributed by atoms with Gasteiger partial charge in [0.2, 0.25) is 0 Å². The lowest BCUT2D eigenvalue weighted by atomic mass is 10.1. The van der Waals surface area contributed by atoms with E-state index >= 15 is 0 Å². The van der Waals surface area contributed by atoms with E-state index in [1.807, 2.05) is 84.9 Å². The molecule has 3 nitrogen and oxygen atoms in total. The number of carbonyl (C=O) groups is 1. The van der Waals surface area contributed by atoms with Crippen molar-refractivity contribution in [1.29, 1.82) is 0 Å². The van der Waals surface area contributed by atoms with E-state index < -0.39 is 0 Å². The first kappa shape index (κ1) is 17.7. The van der Waals surface area contributed by atoms with Crippen LogP contribution in [0.25, 0.3) is 17.0 Å². The highest BCUT2D eigenvalue weighted by molar-refractivity contribution is 6.06. The van der Waals surface area contributed by atoms with Crippen LogP contribution in [0.5, 0.6) is 5.75 Å². The van der Waals surface area contributed by atoms with Crippen molar-refractivity contribution < 1.29 is 9.53 Å². The van der Waals surface area contributed by atoms with Crippen molar-refractivity contribution in [3.63, 3.8) is 0 Å². The molecule has 0 N–H and O–H groups in total. The zero-order chi connectivity index (χ0) is 19.2. The number of ether oxygens (including phenoxy) is 1. The van der Waals surface area contributed by atoms with Crippen molar-refractivity contribution in [1.82, 2.24) is 4.98 Å². The highest BCUT2D eigenvalue weighted by Crippen LogP contribution is 2.18. The minimum Gasteiger partial charge on any atom is -0.487 e. The van der Waals surface area contributed by atoms with Crippen LogP contribution in [0, 0.1) is 0 Å². The highest BCUT2D eigenvalue weighted by Gasteiger charge is 2.02. The summed E-state index contributed by atoms with van der Waals surface area (Å²) in [6.45, 7) is 0.390. The molecule has 0 amide bonds. The van der Waals surface area contributed by atoms with E-state index in [4.69, 9.17) is 4.74 Å². The molecule has 0 aliphatic rings. The lowest BCUT2D eigenvalue weighted by molar-refractivity contribution is 0.104. The molecule has 0 saturated carbocycles. The maximum Gasteiger partial charge on any atom is 0.185 e. The van der Waals surface area contributed by atoms with Gasteiger partial charge in [0, 0.05) is 10.9 Å². The van der Waals surface area contributed by atoms with Crippen molar-refractivity contribution in [3.05, 3.63) is 114 Å². The summed E-state index contributed by atoms with van der Waals surface area (Å²) < 4.78 is 5.89. The molecule has 4 rings (SSSR count). The van der Waals surface area contributed by atoms with Crippen molar-refractivity contribution in [2.75, 3.05) is 0 Å². The number of rotatable bonds is 6. The maximum atomic E-state index is 12.2. The van der Waals surface area contributed by atoms with Gasteiger partial charge in [-0.2, -0.15) is 0 Å². The first-order valence-electron chi connectivity index (χ1n) is 9.13. The number of para-hydroxylation sites is 1. The fourth-order valence-corrected chi connectivity index (χ4v) is 2.92. The third-order valence-electron chi connectivity index (χ3n) is 4.39. The van der Waals surface area contributed by atoms with E-state index in [0.717, 1.165) is 27.9 Å². The predicted molar refractivity (Wildman–Crippen MR) is 112 cm³/mol. The maximum absolute atomic E-state index is 12.2. The second-order valence-electron chi connectivity index (χ2n) is 6.42. The van der Waals surface area contributed by atoms with Crippen LogP contribution < -0.4 is 4.74 Å². The van der Waals surface area contributed by atoms with Gasteiger partial charge in [0.25, 0.3) is 0 Å². The molecule has 0 atom stereocenters. The zero-order valence-electron chi connectivity index (χ0n) is 15.3. The topological polar surface area (TPSA) is 39.2 Å². The largest absolute Gasteiger partial charge is 0.487 e. The summed E-state index contributed by atoms with van der Waals surface area (Å²) in [5, 5.41) is 1.11. The lowest BCUT2D eigenvalue weighted by Gasteiger charge is -2.07. The third kappa shape index (κ3) is 4.33. The summed E-state index contributed by atoms with van der Waals surface area (Å²) in [7, 11) is 0. The lowest BCUT2D eigenvalue weighted by Crippen LogP contribution is -1.98. The molecule has 0 fully saturated rings. The number of benzene rings is 3. The van der Waals surface area contributed by atoms with Crippen molar-refractivity contribution >= 4 is 22.8 Å². The minimum absolute atomic E-state index is 0.0210. The van der Waals surface area contributed by atoms with Gasteiger partial charge in [0.05, 0.1) is 11.2 Å². The summed E-state index contributed by atoms with van der Waals surface area (Å²) in [6.07, 6.45) is 3.38. The van der Waals surface area contributed by atoms with Crippen LogP contribution in [0.1, 0.15) is 21.6 Å². The van der Waals surface area contributed by atoms with E-state index in [9.17, 15) is 4.79 Å². The van der Waals surface area contributed by atoms with Gasteiger partial charge in [-0.15, -0.1) is 0 Å². The average molecular weight is 365 g/mol. The highest BCUT2D eigenvalue weighted by atomic mass is 16.5. The summed E-state index contributed by atoms with van der Waals surface area (Å²) in [6, 6.07) is 28.9. The molecule has 136 valence electrons. The smallest absolute Gasteiger partial charge is 0.185 e. The van der Waals surface area contributed by atoms with Crippen molar-refractivity contribution in [2.45, 2.75) is 6.61 Å². The number of carbonyl (C=O) groups excluding carboxylic acids is 1. The van der Waals surface area contributed by atoms with Crippen molar-refractivity contribution in [3.8, 4) is 5.75 Å². The van der Waals surface area contributed by atoms with Gasteiger partial charge in [-0.1, -0.05) is 72.8 Å². The van der Waals surface area contributed by atoms with E-state index in [2.05, 4.69) is 11.1 Å². The molecule has 3 heteroatoms. The third-order valence-corrected chi connectivity index (χ3v) is 4.39. The summed E-state index contributed by atoms with van der Waals surface area (Å²) in [5.74, 6) is 0.719. The fourth-order valence-electron chi connectivity index (χ4n) is 2.92. The Morgan fingerprint density at radius 2 is 1.68 bits per heavy atom. The molecule has 0 spiro atoms. The Hall–Kier alpha value is -3.72. The summed E-state index contributed by atoms with van der Waals surface area (Å²) in [5.41, 5.74) is 3.42. The van der Waals surface area contributed by atoms with E-state index in [0.29, 0.717) is 12.2 Å². The molecular formula is C25H19NO2. The summed E-state index contributed by atoms with van der Waals surface area (Å²) >= 11 is 0. The van der Waals surface area contributed by atoms with E-state index in [-0.39, 0.29) is 5.78 Å². The number of nitrogens with zero attached hydrogens (tertiary/aromatic N) is 1. The Kier molecular flexibility index (Phi) is 5.25. The van der Waals surface area contributed by atoms with Gasteiger partial charge in [-0.05, 0) is 35.9 Å². The number of allylic oxidation sites excluding steroid dienone is 1. The van der Waals surface area contributed by atoms with Crippen LogP contribution in [0.4, 0.5) is 0 Å². The number of pyridine rings is 1. The van der Waals surface area contributed by atoms with Gasteiger partial charge in [-0.3, -0.25) is 4.79 Å². The Labute approximate surface area is 163 Å². The molecule has 0 aliphatic heterocycles. The van der Waals surface area contributed by atoms with Crippen LogP contribution in [0.15, 0.2) is 97.1 Å². The van der Waals surface area contributed by atoms with Gasteiger partial charge in [-0.25, -0.2) is 4.98 Å². The average Bonchev–Trinajstić information content (AvgIpc) is 2.77. The molecule has 0 bridgehead atoms. The Morgan fingerprint density at radius 3 is 2.57 bits per heavy atom. The second kappa shape index (κ2) is 8.31. The van der Waals surface area contributed by atoms with E-state index in [1.54, 1.807) is 12.2 Å². The van der Waals surface area contributed by atoms with Gasteiger partial charge in [0.1, 0.15) is 12.4 Å². The number of ketones is 1. The van der Waals surface area contributed by atoms with Crippen LogP contribution in [0.3, 0.4) is 0 Å². The quantitative estimate of drug-likeness (QED) is 0.324. The molecule has 0 saturated heterocycles. The van der Waals surface area contributed by atoms with Crippen LogP contribution in [-0.2, 0) is 6.61 Å². The number of hydrogen-bond acceptors (Lipinski definition) is 3. The standard InChI is InChI=1S/C25H19NO2/c27-25(21-9-2-1-3-10-21)16-13-19-7-6-11-23(17-19)28-18-22-15-14-20-8-4-5-12-24(20)26-22/h1-17H,18H2/b16-13+. The van der Waals surface area contributed by atoms with Gasteiger partial charge >= 0.3 is 0 Å². The summed E-state index contributed by atoms with van der Waals surface area (Å²) in [4.78, 5) is 16.8. The second-order valence-corrected chi connectivity index (χ2v) is 6.42. The molecule has 3 aromatic carbocycles. The molecule has 4 aromatic rings. The van der Waals surface area contributed by atoms with Gasteiger partial charge in [0.15, 0.2) is 5.78 Å². The molecule has 1 heterocycles. The molecule has 0 radical (unpaired) electrons.